The predicted octanol–water partition coefficient (Wildman–Crippen LogP) is 2.59. The van der Waals surface area contributed by atoms with Gasteiger partial charge in [0.1, 0.15) is 17.2 Å². The summed E-state index contributed by atoms with van der Waals surface area (Å²) in [6, 6.07) is 3.63. The number of nitrogens with zero attached hydrogens (tertiary/aromatic N) is 1. The zero-order valence-corrected chi connectivity index (χ0v) is 8.08. The van der Waals surface area contributed by atoms with Crippen molar-refractivity contribution in [3.05, 3.63) is 41.0 Å². The minimum Gasteiger partial charge on any atom is -0.477 e. The molecule has 0 saturated carbocycles. The Bertz CT molecular complexity index is 466. The first-order chi connectivity index (χ1) is 7.56. The number of nitriles is 1. The van der Waals surface area contributed by atoms with Crippen molar-refractivity contribution in [1.82, 2.24) is 0 Å². The van der Waals surface area contributed by atoms with Crippen LogP contribution in [0.4, 0.5) is 8.78 Å². The van der Waals surface area contributed by atoms with E-state index in [1.807, 2.05) is 6.07 Å². The molecule has 0 aliphatic rings. The van der Waals surface area contributed by atoms with Crippen LogP contribution in [0.25, 0.3) is 6.08 Å². The van der Waals surface area contributed by atoms with E-state index in [-0.39, 0.29) is 12.0 Å². The van der Waals surface area contributed by atoms with Crippen LogP contribution in [0.3, 0.4) is 0 Å². The molecule has 0 aromatic heterocycles. The summed E-state index contributed by atoms with van der Waals surface area (Å²) in [5.74, 6) is -3.92. The molecule has 0 fully saturated rings. The molecule has 1 N–H and O–H groups in total. The van der Waals surface area contributed by atoms with Gasteiger partial charge in [-0.25, -0.2) is 13.6 Å². The summed E-state index contributed by atoms with van der Waals surface area (Å²) < 4.78 is 26.3. The van der Waals surface area contributed by atoms with E-state index in [1.54, 1.807) is 0 Å². The van der Waals surface area contributed by atoms with E-state index >= 15 is 0 Å². The monoisotopic (exact) mass is 223 g/mol. The number of hydrogen-bond donors (Lipinski definition) is 1. The first-order valence-electron chi connectivity index (χ1n) is 4.32. The van der Waals surface area contributed by atoms with E-state index in [0.717, 1.165) is 12.1 Å². The molecule has 5 heteroatoms. The Morgan fingerprint density at radius 1 is 1.44 bits per heavy atom. The van der Waals surface area contributed by atoms with E-state index in [4.69, 9.17) is 10.4 Å². The average molecular weight is 223 g/mol. The number of carboxylic acids is 1. The summed E-state index contributed by atoms with van der Waals surface area (Å²) >= 11 is 0. The summed E-state index contributed by atoms with van der Waals surface area (Å²) in [4.78, 5) is 10.5. The van der Waals surface area contributed by atoms with Gasteiger partial charge in [0.25, 0.3) is 0 Å². The van der Waals surface area contributed by atoms with Gasteiger partial charge in [0.15, 0.2) is 0 Å². The lowest BCUT2D eigenvalue weighted by Gasteiger charge is -2.01. The number of halogens is 2. The quantitative estimate of drug-likeness (QED) is 0.856. The second-order valence-corrected chi connectivity index (χ2v) is 2.93. The number of benzene rings is 1. The van der Waals surface area contributed by atoms with Gasteiger partial charge < -0.3 is 5.11 Å². The van der Waals surface area contributed by atoms with E-state index in [2.05, 4.69) is 0 Å². The summed E-state index contributed by atoms with van der Waals surface area (Å²) in [6.07, 6.45) is 2.89. The standard InChI is InChI=1S/C11H7F2NO2/c12-8-5-7(3-1-2-4-14)6-9(13)10(8)11(15)16/h1,3,5-6H,2H2,(H,15,16). The number of carbonyl (C=O) groups is 1. The van der Waals surface area contributed by atoms with Crippen molar-refractivity contribution in [2.24, 2.45) is 0 Å². The Morgan fingerprint density at radius 2 is 2.00 bits per heavy atom. The highest BCUT2D eigenvalue weighted by Gasteiger charge is 2.16. The molecule has 1 aromatic carbocycles. The van der Waals surface area contributed by atoms with E-state index in [0.29, 0.717) is 0 Å². The molecule has 0 heterocycles. The van der Waals surface area contributed by atoms with Crippen LogP contribution in [0.2, 0.25) is 0 Å². The molecule has 0 aliphatic carbocycles. The van der Waals surface area contributed by atoms with E-state index < -0.39 is 23.2 Å². The van der Waals surface area contributed by atoms with Gasteiger partial charge in [-0.2, -0.15) is 5.26 Å². The zero-order chi connectivity index (χ0) is 12.1. The van der Waals surface area contributed by atoms with Gasteiger partial charge in [-0.3, -0.25) is 0 Å². The fraction of sp³-hybridized carbons (Fsp3) is 0.0909. The van der Waals surface area contributed by atoms with Crippen LogP contribution in [0.5, 0.6) is 0 Å². The van der Waals surface area contributed by atoms with Gasteiger partial charge in [-0.15, -0.1) is 0 Å². The fourth-order valence-electron chi connectivity index (χ4n) is 1.14. The van der Waals surface area contributed by atoms with Crippen LogP contribution in [-0.2, 0) is 0 Å². The molecular formula is C11H7F2NO2. The minimum atomic E-state index is -1.65. The molecule has 16 heavy (non-hydrogen) atoms. The fourth-order valence-corrected chi connectivity index (χ4v) is 1.14. The zero-order valence-electron chi connectivity index (χ0n) is 8.08. The molecule has 0 amide bonds. The third kappa shape index (κ3) is 2.64. The average Bonchev–Trinajstić information content (AvgIpc) is 2.16. The second kappa shape index (κ2) is 5.03. The molecule has 0 spiro atoms. The van der Waals surface area contributed by atoms with Crippen molar-refractivity contribution in [1.29, 1.82) is 5.26 Å². The van der Waals surface area contributed by atoms with Crippen LogP contribution >= 0.6 is 0 Å². The van der Waals surface area contributed by atoms with E-state index in [1.165, 1.54) is 12.2 Å². The Kier molecular flexibility index (Phi) is 3.72. The largest absolute Gasteiger partial charge is 0.477 e. The van der Waals surface area contributed by atoms with Crippen molar-refractivity contribution in [2.75, 3.05) is 0 Å². The maximum absolute atomic E-state index is 13.2. The highest BCUT2D eigenvalue weighted by atomic mass is 19.1. The molecule has 0 unspecified atom stereocenters. The lowest BCUT2D eigenvalue weighted by molar-refractivity contribution is 0.0686. The number of allylic oxidation sites excluding steroid dienone is 1. The maximum atomic E-state index is 13.2. The van der Waals surface area contributed by atoms with Gasteiger partial charge in [0.05, 0.1) is 12.5 Å². The predicted molar refractivity (Wildman–Crippen MR) is 52.6 cm³/mol. The number of hydrogen-bond acceptors (Lipinski definition) is 2. The lowest BCUT2D eigenvalue weighted by Crippen LogP contribution is -2.04. The van der Waals surface area contributed by atoms with Gasteiger partial charge >= 0.3 is 5.97 Å². The van der Waals surface area contributed by atoms with Gasteiger partial charge in [-0.05, 0) is 17.7 Å². The number of aromatic carboxylic acids is 1. The lowest BCUT2D eigenvalue weighted by atomic mass is 10.1. The maximum Gasteiger partial charge on any atom is 0.341 e. The number of rotatable bonds is 3. The molecule has 82 valence electrons. The SMILES string of the molecule is N#CCC=Cc1cc(F)c(C(=O)O)c(F)c1. The Balaban J connectivity index is 3.11. The Labute approximate surface area is 90.2 Å². The van der Waals surface area contributed by atoms with Crippen LogP contribution in [0, 0.1) is 23.0 Å². The first kappa shape index (κ1) is 11.9. The van der Waals surface area contributed by atoms with Crippen molar-refractivity contribution in [3.8, 4) is 6.07 Å². The Hall–Kier alpha value is -2.22. The molecular weight excluding hydrogens is 216 g/mol. The highest BCUT2D eigenvalue weighted by molar-refractivity contribution is 5.88. The van der Waals surface area contributed by atoms with Crippen LogP contribution in [0.1, 0.15) is 22.3 Å². The van der Waals surface area contributed by atoms with Crippen molar-refractivity contribution in [3.63, 3.8) is 0 Å². The number of carboxylic acid groups (broad SMARTS) is 1. The Morgan fingerprint density at radius 3 is 2.44 bits per heavy atom. The van der Waals surface area contributed by atoms with Crippen LogP contribution in [0.15, 0.2) is 18.2 Å². The van der Waals surface area contributed by atoms with Crippen molar-refractivity contribution < 1.29 is 18.7 Å². The third-order valence-corrected chi connectivity index (χ3v) is 1.80. The van der Waals surface area contributed by atoms with Crippen molar-refractivity contribution in [2.45, 2.75) is 6.42 Å². The van der Waals surface area contributed by atoms with Crippen molar-refractivity contribution >= 4 is 12.0 Å². The third-order valence-electron chi connectivity index (χ3n) is 1.80. The van der Waals surface area contributed by atoms with Gasteiger partial charge in [-0.1, -0.05) is 12.2 Å². The van der Waals surface area contributed by atoms with Crippen LogP contribution < -0.4 is 0 Å². The van der Waals surface area contributed by atoms with Crippen LogP contribution in [-0.4, -0.2) is 11.1 Å². The minimum absolute atomic E-state index is 0.115. The molecule has 1 aromatic rings. The molecule has 0 atom stereocenters. The summed E-state index contributed by atoms with van der Waals surface area (Å²) in [7, 11) is 0. The smallest absolute Gasteiger partial charge is 0.341 e. The first-order valence-corrected chi connectivity index (χ1v) is 4.32. The normalized spacial score (nSPS) is 10.3. The molecule has 1 rings (SSSR count). The van der Waals surface area contributed by atoms with Gasteiger partial charge in [0, 0.05) is 0 Å². The highest BCUT2D eigenvalue weighted by Crippen LogP contribution is 2.16. The van der Waals surface area contributed by atoms with Gasteiger partial charge in [0.2, 0.25) is 0 Å². The summed E-state index contributed by atoms with van der Waals surface area (Å²) in [6.45, 7) is 0. The molecule has 0 saturated heterocycles. The molecule has 0 bridgehead atoms. The second-order valence-electron chi connectivity index (χ2n) is 2.93. The topological polar surface area (TPSA) is 61.1 Å². The van der Waals surface area contributed by atoms with E-state index in [9.17, 15) is 13.6 Å². The molecule has 0 aliphatic heterocycles. The molecule has 3 nitrogen and oxygen atoms in total. The summed E-state index contributed by atoms with van der Waals surface area (Å²) in [5.41, 5.74) is -0.798. The molecule has 0 radical (unpaired) electrons. The summed E-state index contributed by atoms with van der Waals surface area (Å²) in [5, 5.41) is 16.8.